The normalized spacial score (nSPS) is 17.3. The van der Waals surface area contributed by atoms with E-state index in [0.717, 1.165) is 12.0 Å². The van der Waals surface area contributed by atoms with E-state index in [1.807, 2.05) is 23.1 Å². The molecule has 0 bridgehead atoms. The molecule has 30 heavy (non-hydrogen) atoms. The summed E-state index contributed by atoms with van der Waals surface area (Å²) in [7, 11) is 0. The number of carbonyl (C=O) groups is 1. The van der Waals surface area contributed by atoms with Crippen LogP contribution >= 0.6 is 11.6 Å². The van der Waals surface area contributed by atoms with Gasteiger partial charge in [0, 0.05) is 24.7 Å². The monoisotopic (exact) mass is 438 g/mol. The van der Waals surface area contributed by atoms with Crippen molar-refractivity contribution in [2.75, 3.05) is 18.0 Å². The molecule has 1 aliphatic rings. The first-order valence-electron chi connectivity index (χ1n) is 9.38. The van der Waals surface area contributed by atoms with Crippen LogP contribution in [0.5, 0.6) is 0 Å². The second-order valence-electron chi connectivity index (χ2n) is 7.08. The molecule has 7 nitrogen and oxygen atoms in total. The van der Waals surface area contributed by atoms with Crippen LogP contribution in [0.2, 0.25) is 5.02 Å². The van der Waals surface area contributed by atoms with Gasteiger partial charge in [-0.15, -0.1) is 15.3 Å². The van der Waals surface area contributed by atoms with E-state index in [9.17, 15) is 18.0 Å². The van der Waals surface area contributed by atoms with Crippen molar-refractivity contribution in [3.8, 4) is 0 Å². The number of piperidine rings is 1. The average molecular weight is 439 g/mol. The van der Waals surface area contributed by atoms with Gasteiger partial charge in [0.25, 0.3) is 5.82 Å². The predicted octanol–water partition coefficient (Wildman–Crippen LogP) is 3.33. The third kappa shape index (κ3) is 4.18. The van der Waals surface area contributed by atoms with Gasteiger partial charge in [-0.2, -0.15) is 17.7 Å². The highest BCUT2D eigenvalue weighted by atomic mass is 35.5. The lowest BCUT2D eigenvalue weighted by atomic mass is 9.97. The maximum Gasteiger partial charge on any atom is 0.453 e. The fourth-order valence-corrected chi connectivity index (χ4v) is 3.69. The van der Waals surface area contributed by atoms with Gasteiger partial charge in [0.1, 0.15) is 5.82 Å². The number of rotatable bonds is 4. The standard InChI is InChI=1S/C19H18ClF3N6O/c20-14-6-2-1-4-12(14)10-24-17(30)13-5-3-9-28(11-13)16-8-7-15-25-26-18(19(21,22)23)29(15)27-16/h1-2,4,6-8,13H,3,5,9-11H2,(H,24,30). The number of carbonyl (C=O) groups excluding carboxylic acids is 1. The average Bonchev–Trinajstić information content (AvgIpc) is 3.17. The number of hydrogen-bond donors (Lipinski definition) is 1. The molecule has 1 atom stereocenters. The van der Waals surface area contributed by atoms with Crippen LogP contribution in [0.3, 0.4) is 0 Å². The number of nitrogens with zero attached hydrogens (tertiary/aromatic N) is 5. The fourth-order valence-electron chi connectivity index (χ4n) is 3.49. The van der Waals surface area contributed by atoms with E-state index >= 15 is 0 Å². The number of hydrogen-bond acceptors (Lipinski definition) is 5. The van der Waals surface area contributed by atoms with Crippen LogP contribution < -0.4 is 10.2 Å². The SMILES string of the molecule is O=C(NCc1ccccc1Cl)C1CCCN(c2ccc3nnc(C(F)(F)F)n3n2)C1. The Hall–Kier alpha value is -2.88. The molecule has 0 radical (unpaired) electrons. The van der Waals surface area contributed by atoms with Crippen molar-refractivity contribution in [1.29, 1.82) is 0 Å². The summed E-state index contributed by atoms with van der Waals surface area (Å²) in [5.74, 6) is -1.26. The van der Waals surface area contributed by atoms with Gasteiger partial charge < -0.3 is 10.2 Å². The van der Waals surface area contributed by atoms with Crippen molar-refractivity contribution >= 4 is 29.0 Å². The Morgan fingerprint density at radius 2 is 2.00 bits per heavy atom. The van der Waals surface area contributed by atoms with E-state index in [1.165, 1.54) is 6.07 Å². The van der Waals surface area contributed by atoms with Crippen molar-refractivity contribution in [3.05, 3.63) is 52.8 Å². The Kier molecular flexibility index (Phi) is 5.50. The molecule has 0 saturated carbocycles. The summed E-state index contributed by atoms with van der Waals surface area (Å²) >= 11 is 6.12. The molecule has 158 valence electrons. The summed E-state index contributed by atoms with van der Waals surface area (Å²) in [5.41, 5.74) is 0.830. The maximum absolute atomic E-state index is 13.1. The van der Waals surface area contributed by atoms with Crippen LogP contribution in [0.15, 0.2) is 36.4 Å². The second-order valence-corrected chi connectivity index (χ2v) is 7.48. The van der Waals surface area contributed by atoms with E-state index in [-0.39, 0.29) is 17.5 Å². The minimum Gasteiger partial charge on any atom is -0.354 e. The highest BCUT2D eigenvalue weighted by Gasteiger charge is 2.38. The van der Waals surface area contributed by atoms with Crippen LogP contribution in [0.25, 0.3) is 5.65 Å². The number of aromatic nitrogens is 4. The van der Waals surface area contributed by atoms with Gasteiger partial charge in [-0.3, -0.25) is 4.79 Å². The molecule has 1 saturated heterocycles. The van der Waals surface area contributed by atoms with Gasteiger partial charge in [0.15, 0.2) is 5.65 Å². The minimum absolute atomic E-state index is 0.0112. The van der Waals surface area contributed by atoms with Gasteiger partial charge >= 0.3 is 6.18 Å². The van der Waals surface area contributed by atoms with E-state index in [2.05, 4.69) is 20.6 Å². The molecule has 1 unspecified atom stereocenters. The van der Waals surface area contributed by atoms with Gasteiger partial charge in [-0.25, -0.2) is 0 Å². The summed E-state index contributed by atoms with van der Waals surface area (Å²) < 4.78 is 40.0. The first-order valence-corrected chi connectivity index (χ1v) is 9.76. The number of benzene rings is 1. The Balaban J connectivity index is 1.47. The minimum atomic E-state index is -4.66. The number of alkyl halides is 3. The van der Waals surface area contributed by atoms with E-state index in [0.29, 0.717) is 41.4 Å². The number of fused-ring (bicyclic) bond motifs is 1. The van der Waals surface area contributed by atoms with Crippen molar-refractivity contribution in [3.63, 3.8) is 0 Å². The lowest BCUT2D eigenvalue weighted by Crippen LogP contribution is -2.43. The zero-order valence-electron chi connectivity index (χ0n) is 15.7. The predicted molar refractivity (Wildman–Crippen MR) is 104 cm³/mol. The number of amides is 1. The van der Waals surface area contributed by atoms with E-state index in [1.54, 1.807) is 12.1 Å². The molecule has 4 rings (SSSR count). The Morgan fingerprint density at radius 3 is 2.77 bits per heavy atom. The molecule has 0 aliphatic carbocycles. The zero-order valence-corrected chi connectivity index (χ0v) is 16.5. The van der Waals surface area contributed by atoms with Gasteiger partial charge in [-0.1, -0.05) is 29.8 Å². The second kappa shape index (κ2) is 8.10. The Labute approximate surface area is 174 Å². The number of nitrogens with one attached hydrogen (secondary N) is 1. The van der Waals surface area contributed by atoms with Gasteiger partial charge in [-0.05, 0) is 36.6 Å². The molecule has 11 heteroatoms. The lowest BCUT2D eigenvalue weighted by molar-refractivity contribution is -0.146. The zero-order chi connectivity index (χ0) is 21.3. The van der Waals surface area contributed by atoms with Crippen LogP contribution in [0.4, 0.5) is 19.0 Å². The molecule has 1 aromatic carbocycles. The van der Waals surface area contributed by atoms with Crippen LogP contribution in [0, 0.1) is 5.92 Å². The molecule has 1 aliphatic heterocycles. The molecule has 1 amide bonds. The van der Waals surface area contributed by atoms with Gasteiger partial charge in [0.05, 0.1) is 5.92 Å². The van der Waals surface area contributed by atoms with E-state index in [4.69, 9.17) is 11.6 Å². The first-order chi connectivity index (χ1) is 14.3. The van der Waals surface area contributed by atoms with Crippen molar-refractivity contribution < 1.29 is 18.0 Å². The molecule has 1 N–H and O–H groups in total. The number of anilines is 1. The van der Waals surface area contributed by atoms with Crippen molar-refractivity contribution in [2.24, 2.45) is 5.92 Å². The molecule has 3 aromatic rings. The summed E-state index contributed by atoms with van der Waals surface area (Å²) in [4.78, 5) is 14.4. The van der Waals surface area contributed by atoms with Crippen LogP contribution in [-0.4, -0.2) is 38.8 Å². The highest BCUT2D eigenvalue weighted by molar-refractivity contribution is 6.31. The first kappa shape index (κ1) is 20.4. The molecule has 2 aromatic heterocycles. The molecular weight excluding hydrogens is 421 g/mol. The molecule has 3 heterocycles. The summed E-state index contributed by atoms with van der Waals surface area (Å²) in [6, 6.07) is 10.3. The van der Waals surface area contributed by atoms with Crippen LogP contribution in [0.1, 0.15) is 24.2 Å². The van der Waals surface area contributed by atoms with E-state index < -0.39 is 12.0 Å². The Morgan fingerprint density at radius 1 is 1.20 bits per heavy atom. The lowest BCUT2D eigenvalue weighted by Gasteiger charge is -2.32. The van der Waals surface area contributed by atoms with Crippen molar-refractivity contribution in [1.82, 2.24) is 25.1 Å². The van der Waals surface area contributed by atoms with Crippen molar-refractivity contribution in [2.45, 2.75) is 25.6 Å². The summed E-state index contributed by atoms with van der Waals surface area (Å²) in [5, 5.41) is 14.2. The smallest absolute Gasteiger partial charge is 0.354 e. The maximum atomic E-state index is 13.1. The summed E-state index contributed by atoms with van der Waals surface area (Å²) in [6.07, 6.45) is -3.25. The quantitative estimate of drug-likeness (QED) is 0.676. The largest absolute Gasteiger partial charge is 0.453 e. The fraction of sp³-hybridized carbons (Fsp3) is 0.368. The number of halogens is 4. The molecular formula is C19H18ClF3N6O. The Bertz CT molecular complexity index is 1070. The topological polar surface area (TPSA) is 75.4 Å². The highest BCUT2D eigenvalue weighted by Crippen LogP contribution is 2.28. The third-order valence-corrected chi connectivity index (χ3v) is 5.40. The van der Waals surface area contributed by atoms with Gasteiger partial charge in [0.2, 0.25) is 5.91 Å². The molecule has 0 spiro atoms. The third-order valence-electron chi connectivity index (χ3n) is 5.03. The molecule has 1 fully saturated rings. The van der Waals surface area contributed by atoms with Crippen LogP contribution in [-0.2, 0) is 17.5 Å². The summed E-state index contributed by atoms with van der Waals surface area (Å²) in [6.45, 7) is 1.27.